The number of ether oxygens (including phenoxy) is 1. The Kier molecular flexibility index (Phi) is 2.31. The lowest BCUT2D eigenvalue weighted by Crippen LogP contribution is -2.24. The van der Waals surface area contributed by atoms with Gasteiger partial charge in [0.2, 0.25) is 0 Å². The first-order valence-electron chi connectivity index (χ1n) is 7.97. The molecule has 3 aromatic carbocycles. The van der Waals surface area contributed by atoms with Crippen molar-refractivity contribution >= 4 is 21.8 Å². The highest BCUT2D eigenvalue weighted by molar-refractivity contribution is 6.08. The van der Waals surface area contributed by atoms with Crippen molar-refractivity contribution in [2.45, 2.75) is 19.3 Å². The maximum Gasteiger partial charge on any atom is 0.132 e. The molecule has 1 N–H and O–H groups in total. The van der Waals surface area contributed by atoms with Crippen molar-refractivity contribution in [1.82, 2.24) is 4.98 Å². The number of para-hydroxylation sites is 2. The Labute approximate surface area is 134 Å². The molecule has 0 amide bonds. The van der Waals surface area contributed by atoms with E-state index in [1.54, 1.807) is 0 Å². The molecule has 0 radical (unpaired) electrons. The summed E-state index contributed by atoms with van der Waals surface area (Å²) in [7, 11) is 0. The summed E-state index contributed by atoms with van der Waals surface area (Å²) >= 11 is 0. The van der Waals surface area contributed by atoms with E-state index in [0.29, 0.717) is 0 Å². The minimum Gasteiger partial charge on any atom is -0.457 e. The summed E-state index contributed by atoms with van der Waals surface area (Å²) in [4.78, 5) is 3.53. The smallest absolute Gasteiger partial charge is 0.132 e. The highest BCUT2D eigenvalue weighted by atomic mass is 16.5. The molecule has 0 fully saturated rings. The number of nitrogens with one attached hydrogen (secondary N) is 1. The average molecular weight is 299 g/mol. The summed E-state index contributed by atoms with van der Waals surface area (Å²) in [6.45, 7) is 4.53. The van der Waals surface area contributed by atoms with E-state index in [-0.39, 0.29) is 5.41 Å². The lowest BCUT2D eigenvalue weighted by molar-refractivity contribution is 0.419. The first kappa shape index (κ1) is 12.8. The largest absolute Gasteiger partial charge is 0.457 e. The van der Waals surface area contributed by atoms with E-state index in [0.717, 1.165) is 11.5 Å². The summed E-state index contributed by atoms with van der Waals surface area (Å²) in [5.41, 5.74) is 4.73. The molecule has 2 heteroatoms. The Bertz CT molecular complexity index is 1070. The molecule has 1 aliphatic heterocycles. The van der Waals surface area contributed by atoms with Crippen molar-refractivity contribution in [1.29, 1.82) is 0 Å². The van der Waals surface area contributed by atoms with Crippen LogP contribution in [-0.2, 0) is 5.41 Å². The van der Waals surface area contributed by atoms with Gasteiger partial charge in [-0.25, -0.2) is 0 Å². The van der Waals surface area contributed by atoms with Crippen LogP contribution in [0.4, 0.5) is 0 Å². The molecule has 0 aliphatic carbocycles. The van der Waals surface area contributed by atoms with Gasteiger partial charge in [0.25, 0.3) is 0 Å². The molecule has 2 nitrogen and oxygen atoms in total. The Balaban J connectivity index is 1.86. The second-order valence-electron chi connectivity index (χ2n) is 6.79. The fourth-order valence-corrected chi connectivity index (χ4v) is 3.79. The summed E-state index contributed by atoms with van der Waals surface area (Å²) < 4.78 is 6.23. The standard InChI is InChI=1S/C21H17NO/c1-21(2)15-8-4-6-10-19(15)23-20-11-14-13-7-3-5-9-17(13)22-18(14)12-16(20)21/h3-12,22H,1-2H3. The molecule has 1 aromatic heterocycles. The van der Waals surface area contributed by atoms with E-state index >= 15 is 0 Å². The molecule has 0 saturated heterocycles. The van der Waals surface area contributed by atoms with Crippen molar-refractivity contribution in [3.8, 4) is 11.5 Å². The summed E-state index contributed by atoms with van der Waals surface area (Å²) in [5.74, 6) is 1.93. The molecule has 0 atom stereocenters. The molecular formula is C21H17NO. The van der Waals surface area contributed by atoms with Crippen LogP contribution in [-0.4, -0.2) is 4.98 Å². The van der Waals surface area contributed by atoms with Crippen LogP contribution in [0.3, 0.4) is 0 Å². The van der Waals surface area contributed by atoms with E-state index in [2.05, 4.69) is 73.4 Å². The molecule has 0 saturated carbocycles. The molecule has 0 spiro atoms. The average Bonchev–Trinajstić information content (AvgIpc) is 2.91. The Morgan fingerprint density at radius 2 is 1.52 bits per heavy atom. The molecule has 112 valence electrons. The minimum absolute atomic E-state index is 0.0737. The number of fused-ring (bicyclic) bond motifs is 5. The third-order valence-electron chi connectivity index (χ3n) is 5.06. The SMILES string of the molecule is CC1(C)c2ccccc2Oc2cc3c(cc21)[nH]c1ccccc13. The van der Waals surface area contributed by atoms with Crippen LogP contribution in [0, 0.1) is 0 Å². The van der Waals surface area contributed by atoms with Gasteiger partial charge in [-0.3, -0.25) is 0 Å². The van der Waals surface area contributed by atoms with Gasteiger partial charge in [-0.05, 0) is 24.3 Å². The zero-order chi connectivity index (χ0) is 15.6. The normalized spacial score (nSPS) is 15.2. The van der Waals surface area contributed by atoms with Crippen molar-refractivity contribution < 1.29 is 4.74 Å². The fraction of sp³-hybridized carbons (Fsp3) is 0.143. The monoisotopic (exact) mass is 299 g/mol. The Morgan fingerprint density at radius 1 is 0.739 bits per heavy atom. The third kappa shape index (κ3) is 1.63. The van der Waals surface area contributed by atoms with Gasteiger partial charge in [0.1, 0.15) is 11.5 Å². The second kappa shape index (κ2) is 4.17. The number of hydrogen-bond donors (Lipinski definition) is 1. The number of benzene rings is 3. The predicted octanol–water partition coefficient (Wildman–Crippen LogP) is 5.75. The van der Waals surface area contributed by atoms with Gasteiger partial charge in [-0.2, -0.15) is 0 Å². The van der Waals surface area contributed by atoms with Crippen LogP contribution in [0.25, 0.3) is 21.8 Å². The number of aromatic amines is 1. The molecule has 0 unspecified atom stereocenters. The first-order valence-corrected chi connectivity index (χ1v) is 7.97. The number of aromatic nitrogens is 1. The zero-order valence-corrected chi connectivity index (χ0v) is 13.2. The van der Waals surface area contributed by atoms with Crippen molar-refractivity contribution in [2.24, 2.45) is 0 Å². The van der Waals surface area contributed by atoms with Gasteiger partial charge >= 0.3 is 0 Å². The van der Waals surface area contributed by atoms with E-state index in [1.165, 1.54) is 32.9 Å². The van der Waals surface area contributed by atoms with Gasteiger partial charge in [-0.15, -0.1) is 0 Å². The molecule has 23 heavy (non-hydrogen) atoms. The number of rotatable bonds is 0. The van der Waals surface area contributed by atoms with Gasteiger partial charge in [0, 0.05) is 38.3 Å². The van der Waals surface area contributed by atoms with E-state index in [9.17, 15) is 0 Å². The second-order valence-corrected chi connectivity index (χ2v) is 6.79. The highest BCUT2D eigenvalue weighted by Gasteiger charge is 2.34. The molecule has 1 aliphatic rings. The van der Waals surface area contributed by atoms with Crippen LogP contribution >= 0.6 is 0 Å². The van der Waals surface area contributed by atoms with Crippen LogP contribution in [0.2, 0.25) is 0 Å². The predicted molar refractivity (Wildman–Crippen MR) is 94.4 cm³/mol. The molecule has 5 rings (SSSR count). The molecule has 0 bridgehead atoms. The van der Waals surface area contributed by atoms with E-state index in [1.807, 2.05) is 6.07 Å². The Morgan fingerprint density at radius 3 is 2.43 bits per heavy atom. The minimum atomic E-state index is -0.0737. The van der Waals surface area contributed by atoms with Crippen LogP contribution < -0.4 is 4.74 Å². The fourth-order valence-electron chi connectivity index (χ4n) is 3.79. The van der Waals surface area contributed by atoms with Gasteiger partial charge in [0.15, 0.2) is 0 Å². The lowest BCUT2D eigenvalue weighted by atomic mass is 9.75. The quantitative estimate of drug-likeness (QED) is 0.439. The van der Waals surface area contributed by atoms with Crippen molar-refractivity contribution in [2.75, 3.05) is 0 Å². The van der Waals surface area contributed by atoms with Gasteiger partial charge < -0.3 is 9.72 Å². The molecule has 4 aromatic rings. The number of hydrogen-bond acceptors (Lipinski definition) is 1. The summed E-state index contributed by atoms with van der Waals surface area (Å²) in [6.07, 6.45) is 0. The van der Waals surface area contributed by atoms with Gasteiger partial charge in [0.05, 0.1) is 0 Å². The van der Waals surface area contributed by atoms with Crippen LogP contribution in [0.1, 0.15) is 25.0 Å². The number of H-pyrrole nitrogens is 1. The van der Waals surface area contributed by atoms with Crippen LogP contribution in [0.5, 0.6) is 11.5 Å². The van der Waals surface area contributed by atoms with E-state index in [4.69, 9.17) is 4.74 Å². The van der Waals surface area contributed by atoms with E-state index < -0.39 is 0 Å². The lowest BCUT2D eigenvalue weighted by Gasteiger charge is -2.34. The Hall–Kier alpha value is -2.74. The third-order valence-corrected chi connectivity index (χ3v) is 5.06. The summed E-state index contributed by atoms with van der Waals surface area (Å²) in [5, 5.41) is 2.46. The summed E-state index contributed by atoms with van der Waals surface area (Å²) in [6, 6.07) is 21.2. The zero-order valence-electron chi connectivity index (χ0n) is 13.2. The molecular weight excluding hydrogens is 282 g/mol. The van der Waals surface area contributed by atoms with Crippen LogP contribution in [0.15, 0.2) is 60.7 Å². The molecule has 2 heterocycles. The highest BCUT2D eigenvalue weighted by Crippen LogP contribution is 2.49. The van der Waals surface area contributed by atoms with Crippen molar-refractivity contribution in [3.63, 3.8) is 0 Å². The van der Waals surface area contributed by atoms with Gasteiger partial charge in [-0.1, -0.05) is 50.2 Å². The topological polar surface area (TPSA) is 25.0 Å². The maximum atomic E-state index is 6.23. The first-order chi connectivity index (χ1) is 11.1. The maximum absolute atomic E-state index is 6.23. The van der Waals surface area contributed by atoms with Crippen molar-refractivity contribution in [3.05, 3.63) is 71.8 Å².